The van der Waals surface area contributed by atoms with Crippen LogP contribution in [0.5, 0.6) is 0 Å². The van der Waals surface area contributed by atoms with Gasteiger partial charge in [0.15, 0.2) is 0 Å². The number of carboxylic acids is 9. The molecule has 0 rings (SSSR count). The Bertz CT molecular complexity index is 804. The first-order chi connectivity index (χ1) is 17.6. The molecule has 0 unspecified atom stereocenters. The molecule has 42 heavy (non-hydrogen) atoms. The molecule has 0 bridgehead atoms. The van der Waals surface area contributed by atoms with Crippen LogP contribution >= 0.6 is 0 Å². The van der Waals surface area contributed by atoms with Gasteiger partial charge in [0.05, 0.1) is 17.9 Å². The van der Waals surface area contributed by atoms with Crippen LogP contribution in [0.25, 0.3) is 0 Å². The minimum Gasteiger partial charge on any atom is -0.548 e. The molecule has 0 aromatic carbocycles. The van der Waals surface area contributed by atoms with E-state index in [-0.39, 0.29) is 88.7 Å². The Morgan fingerprint density at radius 1 is 0.405 bits per heavy atom. The second-order valence-corrected chi connectivity index (χ2v) is 6.95. The molecule has 3 atom stereocenters. The van der Waals surface area contributed by atoms with Crippen molar-refractivity contribution in [1.82, 2.24) is 16.0 Å². The monoisotopic (exact) mass is 639 g/mol. The van der Waals surface area contributed by atoms with E-state index in [0.29, 0.717) is 0 Å². The van der Waals surface area contributed by atoms with Crippen LogP contribution in [0, 0.1) is 0 Å². The Morgan fingerprint density at radius 2 is 0.524 bits per heavy atom. The van der Waals surface area contributed by atoms with Crippen LogP contribution in [-0.4, -0.2) is 121 Å². The summed E-state index contributed by atoms with van der Waals surface area (Å²) in [5, 5.41) is 85.8. The van der Waals surface area contributed by atoms with E-state index in [4.69, 9.17) is 30.6 Å². The van der Waals surface area contributed by atoms with Gasteiger partial charge in [0.1, 0.15) is 0 Å². The molecule has 0 saturated carbocycles. The second kappa shape index (κ2) is 26.7. The fourth-order valence-corrected chi connectivity index (χ4v) is 1.70. The Balaban J connectivity index is -0.000000112. The molecular weight excluding hydrogens is 615 g/mol. The fourth-order valence-electron chi connectivity index (χ4n) is 1.70. The second-order valence-electron chi connectivity index (χ2n) is 6.95. The van der Waals surface area contributed by atoms with E-state index in [1.165, 1.54) is 0 Å². The van der Waals surface area contributed by atoms with E-state index >= 15 is 0 Å². The molecule has 0 fully saturated rings. The van der Waals surface area contributed by atoms with Crippen molar-refractivity contribution in [3.8, 4) is 0 Å². The summed E-state index contributed by atoms with van der Waals surface area (Å²) >= 11 is 0. The van der Waals surface area contributed by atoms with Gasteiger partial charge in [-0.3, -0.25) is 16.0 Å². The zero-order valence-electron chi connectivity index (χ0n) is 23.0. The Kier molecular flexibility index (Phi) is 33.5. The zero-order valence-corrected chi connectivity index (χ0v) is 29.0. The average molecular weight is 639 g/mol. The molecule has 0 spiro atoms. The maximum atomic E-state index is 10.2. The van der Waals surface area contributed by atoms with E-state index in [1.54, 1.807) is 0 Å². The Hall–Kier alpha value is -1.89. The van der Waals surface area contributed by atoms with Gasteiger partial charge < -0.3 is 60.3 Å². The molecule has 9 N–H and O–H groups in total. The molecule has 0 aliphatic rings. The maximum Gasteiger partial charge on any atom is 1.00 e. The number of aliphatic carboxylic acids is 9. The van der Waals surface area contributed by atoms with Gasteiger partial charge in [-0.15, -0.1) is 0 Å². The molecule has 0 aromatic heterocycles. The van der Waals surface area contributed by atoms with Gasteiger partial charge in [0.25, 0.3) is 0 Å². The average Bonchev–Trinajstić information content (AvgIpc) is 2.77. The van der Waals surface area contributed by atoms with E-state index in [0.717, 1.165) is 20.8 Å². The SMILES string of the molecule is C[C@H](NC(C(=O)O)C(=O)O)C(=O)[O-].C[C@H](NC(C(=O)O)C(=O)O)C(=O)[O-].C[C@H](NC(C(=O)O)C(=O)O)C(=O)[O-].[Na+].[Na+].[Na+]. The quantitative estimate of drug-likeness (QED) is 0.0593. The van der Waals surface area contributed by atoms with Gasteiger partial charge in [0.2, 0.25) is 18.1 Å². The van der Waals surface area contributed by atoms with Crippen molar-refractivity contribution in [3.63, 3.8) is 0 Å². The van der Waals surface area contributed by atoms with Gasteiger partial charge >= 0.3 is 124 Å². The normalized spacial score (nSPS) is 11.6. The van der Waals surface area contributed by atoms with Crippen molar-refractivity contribution in [2.45, 2.75) is 57.0 Å². The first-order valence-corrected chi connectivity index (χ1v) is 9.85. The van der Waals surface area contributed by atoms with Crippen molar-refractivity contribution < 1.29 is 178 Å². The third kappa shape index (κ3) is 24.7. The van der Waals surface area contributed by atoms with E-state index in [2.05, 4.69) is 0 Å². The molecular formula is C18H24N3Na3O18. The number of nitrogens with one attached hydrogen (secondary N) is 3. The van der Waals surface area contributed by atoms with Gasteiger partial charge in [0, 0.05) is 18.1 Å². The largest absolute Gasteiger partial charge is 1.00 e. The van der Waals surface area contributed by atoms with Crippen LogP contribution in [0.3, 0.4) is 0 Å². The van der Waals surface area contributed by atoms with Gasteiger partial charge in [-0.25, -0.2) is 28.8 Å². The van der Waals surface area contributed by atoms with Crippen LogP contribution in [0.2, 0.25) is 0 Å². The number of hydrogen-bond acceptors (Lipinski definition) is 15. The van der Waals surface area contributed by atoms with Gasteiger partial charge in [-0.2, -0.15) is 0 Å². The van der Waals surface area contributed by atoms with Crippen LogP contribution < -0.4 is 120 Å². The summed E-state index contributed by atoms with van der Waals surface area (Å²) in [7, 11) is 0. The minimum absolute atomic E-state index is 0. The first kappa shape index (κ1) is 52.7. The summed E-state index contributed by atoms with van der Waals surface area (Å²) in [6.07, 6.45) is 0. The predicted octanol–water partition coefficient (Wildman–Crippen LogP) is -17.2. The third-order valence-corrected chi connectivity index (χ3v) is 3.79. The molecule has 0 radical (unpaired) electrons. The van der Waals surface area contributed by atoms with Crippen molar-refractivity contribution in [2.75, 3.05) is 0 Å². The minimum atomic E-state index is -1.94. The maximum absolute atomic E-state index is 10.2. The van der Waals surface area contributed by atoms with Crippen molar-refractivity contribution in [3.05, 3.63) is 0 Å². The number of hydrogen-bond donors (Lipinski definition) is 9. The Morgan fingerprint density at radius 3 is 0.595 bits per heavy atom. The Labute approximate surface area is 301 Å². The number of rotatable bonds is 15. The summed E-state index contributed by atoms with van der Waals surface area (Å²) < 4.78 is 0. The third-order valence-electron chi connectivity index (χ3n) is 3.79. The van der Waals surface area contributed by atoms with Crippen molar-refractivity contribution in [1.29, 1.82) is 0 Å². The smallest absolute Gasteiger partial charge is 0.548 e. The standard InChI is InChI=1S/3C6H9NO6.3Na/c3*1-2(4(8)9)7-3(5(10)11)6(12)13;;;/h3*2-3,7H,1H3,(H,8,9)(H,10,11)(H,12,13);;;/q;;;3*+1/p-3/t3*2-;;;/m000.../s1. The van der Waals surface area contributed by atoms with E-state index in [9.17, 15) is 58.5 Å². The van der Waals surface area contributed by atoms with Crippen molar-refractivity contribution >= 4 is 53.7 Å². The molecule has 0 aliphatic carbocycles. The summed E-state index contributed by atoms with van der Waals surface area (Å²) in [5.41, 5.74) is 0. The van der Waals surface area contributed by atoms with Crippen LogP contribution in [0.1, 0.15) is 20.8 Å². The van der Waals surface area contributed by atoms with Crippen molar-refractivity contribution in [2.24, 2.45) is 0 Å². The van der Waals surface area contributed by atoms with Crippen LogP contribution in [-0.2, 0) is 43.2 Å². The summed E-state index contributed by atoms with van der Waals surface area (Å²) in [5.74, 6) is -14.6. The van der Waals surface area contributed by atoms with E-state index in [1.807, 2.05) is 16.0 Å². The number of carboxylic acid groups (broad SMARTS) is 9. The summed E-state index contributed by atoms with van der Waals surface area (Å²) in [4.78, 5) is 91.8. The molecule has 24 heteroatoms. The molecule has 0 saturated heterocycles. The summed E-state index contributed by atoms with van der Waals surface area (Å²) in [6.45, 7) is 3.27. The fraction of sp³-hybridized carbons (Fsp3) is 0.500. The van der Waals surface area contributed by atoms with Crippen LogP contribution in [0.15, 0.2) is 0 Å². The van der Waals surface area contributed by atoms with E-state index < -0.39 is 90.0 Å². The van der Waals surface area contributed by atoms with Crippen LogP contribution in [0.4, 0.5) is 0 Å². The molecule has 222 valence electrons. The predicted molar refractivity (Wildman–Crippen MR) is 110 cm³/mol. The molecule has 0 heterocycles. The first-order valence-electron chi connectivity index (χ1n) is 9.85. The topological polar surface area (TPSA) is 380 Å². The molecule has 0 aromatic rings. The summed E-state index contributed by atoms with van der Waals surface area (Å²) in [6, 6.07) is -9.82. The number of carbonyl (C=O) groups is 9. The zero-order chi connectivity index (χ0) is 31.8. The number of carbonyl (C=O) groups excluding carboxylic acids is 3. The molecule has 21 nitrogen and oxygen atoms in total. The molecule has 0 amide bonds. The molecule has 0 aliphatic heterocycles. The van der Waals surface area contributed by atoms with Gasteiger partial charge in [-0.1, -0.05) is 0 Å². The van der Waals surface area contributed by atoms with Gasteiger partial charge in [-0.05, 0) is 20.8 Å².